The van der Waals surface area contributed by atoms with E-state index in [9.17, 15) is 0 Å². The van der Waals surface area contributed by atoms with Crippen LogP contribution in [0.5, 0.6) is 0 Å². The maximum atomic E-state index is 6.34. The quantitative estimate of drug-likeness (QED) is 0.567. The van der Waals surface area contributed by atoms with Gasteiger partial charge in [-0.2, -0.15) is 0 Å². The molecule has 0 fully saturated rings. The Balaban J connectivity index is 2.82. The van der Waals surface area contributed by atoms with Crippen molar-refractivity contribution in [1.29, 1.82) is 0 Å². The minimum atomic E-state index is -0.409. The van der Waals surface area contributed by atoms with Gasteiger partial charge in [-0.1, -0.05) is 0 Å². The molecule has 0 aliphatic carbocycles. The van der Waals surface area contributed by atoms with Crippen LogP contribution in [0.3, 0.4) is 0 Å². The number of hydrogen-bond acceptors (Lipinski definition) is 4. The lowest BCUT2D eigenvalue weighted by atomic mass is 10.1. The summed E-state index contributed by atoms with van der Waals surface area (Å²) in [4.78, 5) is 6.41. The van der Waals surface area contributed by atoms with Crippen molar-refractivity contribution < 1.29 is 0 Å². The van der Waals surface area contributed by atoms with Gasteiger partial charge in [-0.25, -0.2) is 4.99 Å². The molecule has 15 heavy (non-hydrogen) atoms. The number of halogens is 1. The number of amidine groups is 1. The van der Waals surface area contributed by atoms with Gasteiger partial charge in [0, 0.05) is 19.5 Å². The lowest BCUT2D eigenvalue weighted by molar-refractivity contribution is 0.336. The first-order chi connectivity index (χ1) is 7.02. The Morgan fingerprint density at radius 1 is 1.60 bits per heavy atom. The van der Waals surface area contributed by atoms with Crippen LogP contribution in [0.15, 0.2) is 4.99 Å². The van der Waals surface area contributed by atoms with Gasteiger partial charge in [-0.05, 0) is 27.8 Å². The molecule has 88 valence electrons. The summed E-state index contributed by atoms with van der Waals surface area (Å²) in [5, 5.41) is 6.30. The highest BCUT2D eigenvalue weighted by atomic mass is 35.5. The summed E-state index contributed by atoms with van der Waals surface area (Å²) in [7, 11) is 1.87. The van der Waals surface area contributed by atoms with E-state index >= 15 is 0 Å². The number of rotatable bonds is 3. The van der Waals surface area contributed by atoms with E-state index in [2.05, 4.69) is 34.4 Å². The molecule has 0 radical (unpaired) electrons. The molecule has 0 saturated heterocycles. The van der Waals surface area contributed by atoms with Gasteiger partial charge >= 0.3 is 0 Å². The van der Waals surface area contributed by atoms with Gasteiger partial charge in [0.15, 0.2) is 6.29 Å². The SMILES string of the molecule is CCN(CC)C1=NC(NC)N[C@@](C)(Cl)C1. The number of nitrogens with one attached hydrogen (secondary N) is 2. The average molecular weight is 233 g/mol. The smallest absolute Gasteiger partial charge is 0.156 e. The molecule has 1 heterocycles. The second-order valence-electron chi connectivity index (χ2n) is 3.93. The highest BCUT2D eigenvalue weighted by Crippen LogP contribution is 2.22. The summed E-state index contributed by atoms with van der Waals surface area (Å²) in [6.07, 6.45) is 0.672. The highest BCUT2D eigenvalue weighted by molar-refractivity contribution is 6.24. The van der Waals surface area contributed by atoms with Gasteiger partial charge in [-0.3, -0.25) is 10.6 Å². The minimum Gasteiger partial charge on any atom is -0.361 e. The molecular weight excluding hydrogens is 212 g/mol. The fourth-order valence-corrected chi connectivity index (χ4v) is 2.00. The van der Waals surface area contributed by atoms with Gasteiger partial charge < -0.3 is 4.90 Å². The van der Waals surface area contributed by atoms with E-state index in [-0.39, 0.29) is 6.29 Å². The summed E-state index contributed by atoms with van der Waals surface area (Å²) in [6.45, 7) is 8.19. The normalized spacial score (nSPS) is 31.3. The van der Waals surface area contributed by atoms with Crippen LogP contribution in [0.25, 0.3) is 0 Å². The van der Waals surface area contributed by atoms with E-state index in [0.717, 1.165) is 25.3 Å². The van der Waals surface area contributed by atoms with Crippen LogP contribution in [0.4, 0.5) is 0 Å². The third-order valence-corrected chi connectivity index (χ3v) is 2.85. The van der Waals surface area contributed by atoms with E-state index in [1.807, 2.05) is 14.0 Å². The van der Waals surface area contributed by atoms with Crippen molar-refractivity contribution in [1.82, 2.24) is 15.5 Å². The molecule has 0 amide bonds. The van der Waals surface area contributed by atoms with E-state index in [1.54, 1.807) is 0 Å². The van der Waals surface area contributed by atoms with E-state index in [4.69, 9.17) is 11.6 Å². The molecule has 2 atom stereocenters. The second-order valence-corrected chi connectivity index (χ2v) is 4.76. The third-order valence-electron chi connectivity index (χ3n) is 2.61. The molecule has 1 rings (SSSR count). The first-order valence-corrected chi connectivity index (χ1v) is 5.85. The van der Waals surface area contributed by atoms with E-state index < -0.39 is 5.00 Å². The topological polar surface area (TPSA) is 39.7 Å². The largest absolute Gasteiger partial charge is 0.361 e. The Hall–Kier alpha value is -0.320. The van der Waals surface area contributed by atoms with Crippen molar-refractivity contribution in [2.24, 2.45) is 4.99 Å². The monoisotopic (exact) mass is 232 g/mol. The van der Waals surface area contributed by atoms with E-state index in [0.29, 0.717) is 0 Å². The number of alkyl halides is 1. The predicted octanol–water partition coefficient (Wildman–Crippen LogP) is 1.18. The first kappa shape index (κ1) is 12.7. The Morgan fingerprint density at radius 2 is 2.20 bits per heavy atom. The average Bonchev–Trinajstić information content (AvgIpc) is 2.17. The van der Waals surface area contributed by atoms with Crippen molar-refractivity contribution in [2.75, 3.05) is 20.1 Å². The maximum Gasteiger partial charge on any atom is 0.156 e. The second kappa shape index (κ2) is 5.14. The van der Waals surface area contributed by atoms with Crippen molar-refractivity contribution in [3.05, 3.63) is 0 Å². The standard InChI is InChI=1S/C10H21ClN4/c1-5-15(6-2)8-7-10(3,11)14-9(12-4)13-8/h9,12,14H,5-7H2,1-4H3/t9?,10-/m1/s1. The summed E-state index contributed by atoms with van der Waals surface area (Å²) in [5.41, 5.74) is 0. The van der Waals surface area contributed by atoms with Crippen LogP contribution >= 0.6 is 11.6 Å². The molecular formula is C10H21ClN4. The third kappa shape index (κ3) is 3.33. The molecule has 0 bridgehead atoms. The lowest BCUT2D eigenvalue weighted by Gasteiger charge is -2.37. The molecule has 5 heteroatoms. The van der Waals surface area contributed by atoms with Crippen LogP contribution in [-0.2, 0) is 0 Å². The zero-order valence-electron chi connectivity index (χ0n) is 9.97. The van der Waals surface area contributed by atoms with Crippen LogP contribution in [0.2, 0.25) is 0 Å². The van der Waals surface area contributed by atoms with Crippen LogP contribution in [-0.4, -0.2) is 42.2 Å². The molecule has 1 aliphatic heterocycles. The Morgan fingerprint density at radius 3 is 2.67 bits per heavy atom. The highest BCUT2D eigenvalue weighted by Gasteiger charge is 2.31. The predicted molar refractivity (Wildman–Crippen MR) is 65.2 cm³/mol. The number of nitrogens with zero attached hydrogens (tertiary/aromatic N) is 2. The van der Waals surface area contributed by atoms with Gasteiger partial charge in [0.2, 0.25) is 0 Å². The van der Waals surface area contributed by atoms with Crippen LogP contribution < -0.4 is 10.6 Å². The van der Waals surface area contributed by atoms with Gasteiger partial charge in [0.1, 0.15) is 10.8 Å². The van der Waals surface area contributed by atoms with Crippen molar-refractivity contribution in [2.45, 2.75) is 38.5 Å². The number of hydrogen-bond donors (Lipinski definition) is 2. The van der Waals surface area contributed by atoms with Crippen molar-refractivity contribution >= 4 is 17.4 Å². The molecule has 4 nitrogen and oxygen atoms in total. The molecule has 0 aromatic rings. The molecule has 0 aromatic carbocycles. The molecule has 0 spiro atoms. The molecule has 0 aromatic heterocycles. The Bertz CT molecular complexity index is 236. The van der Waals surface area contributed by atoms with Gasteiger partial charge in [-0.15, -0.1) is 11.6 Å². The zero-order chi connectivity index (χ0) is 11.5. The van der Waals surface area contributed by atoms with Crippen molar-refractivity contribution in [3.63, 3.8) is 0 Å². The van der Waals surface area contributed by atoms with Gasteiger partial charge in [0.25, 0.3) is 0 Å². The summed E-state index contributed by atoms with van der Waals surface area (Å²) in [5.74, 6) is 1.08. The molecule has 1 aliphatic rings. The van der Waals surface area contributed by atoms with Crippen molar-refractivity contribution in [3.8, 4) is 0 Å². The molecule has 2 N–H and O–H groups in total. The first-order valence-electron chi connectivity index (χ1n) is 5.48. The van der Waals surface area contributed by atoms with Gasteiger partial charge in [0.05, 0.1) is 0 Å². The zero-order valence-corrected chi connectivity index (χ0v) is 10.7. The Labute approximate surface area is 97.1 Å². The fraction of sp³-hybridized carbons (Fsp3) is 0.900. The van der Waals surface area contributed by atoms with E-state index in [1.165, 1.54) is 0 Å². The minimum absolute atomic E-state index is 0.0863. The number of aliphatic imine (C=N–C) groups is 1. The Kier molecular flexibility index (Phi) is 4.37. The van der Waals surface area contributed by atoms with Crippen LogP contribution in [0.1, 0.15) is 27.2 Å². The molecule has 1 unspecified atom stereocenters. The lowest BCUT2D eigenvalue weighted by Crippen LogP contribution is -2.56. The van der Waals surface area contributed by atoms with Crippen LogP contribution in [0, 0.1) is 0 Å². The molecule has 0 saturated carbocycles. The summed E-state index contributed by atoms with van der Waals surface area (Å²) >= 11 is 6.34. The fourth-order valence-electron chi connectivity index (χ4n) is 1.78. The summed E-state index contributed by atoms with van der Waals surface area (Å²) < 4.78 is 0. The summed E-state index contributed by atoms with van der Waals surface area (Å²) in [6, 6.07) is 0. The maximum absolute atomic E-state index is 6.34.